The molecule has 0 radical (unpaired) electrons. The van der Waals surface area contributed by atoms with Crippen LogP contribution in [0.5, 0.6) is 0 Å². The first kappa shape index (κ1) is 12.1. The van der Waals surface area contributed by atoms with Crippen molar-refractivity contribution in [1.82, 2.24) is 0 Å². The number of ether oxygens (including phenoxy) is 2. The van der Waals surface area contributed by atoms with Crippen molar-refractivity contribution in [2.75, 3.05) is 11.5 Å². The van der Waals surface area contributed by atoms with Crippen LogP contribution in [0.25, 0.3) is 0 Å². The van der Waals surface area contributed by atoms with Crippen molar-refractivity contribution in [1.29, 1.82) is 0 Å². The molecule has 0 aromatic rings. The molecule has 4 saturated carbocycles. The normalized spacial score (nSPS) is 46.9. The molecule has 0 N–H and O–H groups in total. The van der Waals surface area contributed by atoms with E-state index in [1.807, 2.05) is 0 Å². The van der Waals surface area contributed by atoms with Crippen LogP contribution in [0.3, 0.4) is 0 Å². The highest BCUT2D eigenvalue weighted by Gasteiger charge is 2.59. The van der Waals surface area contributed by atoms with Crippen molar-refractivity contribution >= 4 is 28.7 Å². The lowest BCUT2D eigenvalue weighted by atomic mass is 9.48. The van der Waals surface area contributed by atoms with Gasteiger partial charge in [-0.2, -0.15) is 0 Å². The standard InChI is InChI=1S/C13H19IO3/c1-16-11(15)17-13-5-9-2-10(6-13)4-12(3-9,7-13)8-14/h9-10H,2-8H2,1H3. The predicted octanol–water partition coefficient (Wildman–Crippen LogP) is 3.54. The summed E-state index contributed by atoms with van der Waals surface area (Å²) in [7, 11) is 1.40. The first-order chi connectivity index (χ1) is 8.09. The Morgan fingerprint density at radius 1 is 1.29 bits per heavy atom. The van der Waals surface area contributed by atoms with Gasteiger partial charge in [-0.05, 0) is 55.8 Å². The fraction of sp³-hybridized carbons (Fsp3) is 0.923. The highest BCUT2D eigenvalue weighted by molar-refractivity contribution is 14.1. The van der Waals surface area contributed by atoms with E-state index in [0.717, 1.165) is 31.1 Å². The number of halogens is 1. The van der Waals surface area contributed by atoms with Crippen LogP contribution in [0.2, 0.25) is 0 Å². The van der Waals surface area contributed by atoms with Gasteiger partial charge in [0.15, 0.2) is 0 Å². The average molecular weight is 350 g/mol. The molecule has 4 fully saturated rings. The molecule has 4 rings (SSSR count). The van der Waals surface area contributed by atoms with Crippen molar-refractivity contribution in [2.24, 2.45) is 17.3 Å². The lowest BCUT2D eigenvalue weighted by Gasteiger charge is -2.60. The zero-order valence-electron chi connectivity index (χ0n) is 10.2. The molecule has 0 amide bonds. The Hall–Kier alpha value is 0. The molecule has 96 valence electrons. The average Bonchev–Trinajstić information content (AvgIpc) is 2.26. The molecule has 4 aliphatic rings. The van der Waals surface area contributed by atoms with E-state index in [1.54, 1.807) is 0 Å². The van der Waals surface area contributed by atoms with E-state index in [4.69, 9.17) is 9.47 Å². The van der Waals surface area contributed by atoms with Crippen LogP contribution in [-0.2, 0) is 9.47 Å². The molecule has 17 heavy (non-hydrogen) atoms. The highest BCUT2D eigenvalue weighted by atomic mass is 127. The number of rotatable bonds is 2. The smallest absolute Gasteiger partial charge is 0.438 e. The van der Waals surface area contributed by atoms with Crippen LogP contribution in [0.15, 0.2) is 0 Å². The summed E-state index contributed by atoms with van der Waals surface area (Å²) >= 11 is 2.51. The summed E-state index contributed by atoms with van der Waals surface area (Å²) in [6.07, 6.45) is 6.75. The van der Waals surface area contributed by atoms with E-state index in [9.17, 15) is 4.79 Å². The van der Waals surface area contributed by atoms with E-state index in [0.29, 0.717) is 5.41 Å². The van der Waals surface area contributed by atoms with Crippen molar-refractivity contribution in [3.05, 3.63) is 0 Å². The van der Waals surface area contributed by atoms with Gasteiger partial charge >= 0.3 is 6.16 Å². The predicted molar refractivity (Wildman–Crippen MR) is 72.2 cm³/mol. The maximum absolute atomic E-state index is 11.4. The molecule has 0 aromatic heterocycles. The maximum Gasteiger partial charge on any atom is 0.508 e. The van der Waals surface area contributed by atoms with Gasteiger partial charge < -0.3 is 9.47 Å². The maximum atomic E-state index is 11.4. The fourth-order valence-electron chi connectivity index (χ4n) is 4.86. The van der Waals surface area contributed by atoms with Crippen LogP contribution in [0, 0.1) is 17.3 Å². The van der Waals surface area contributed by atoms with Gasteiger partial charge in [-0.25, -0.2) is 4.79 Å². The molecule has 0 spiro atoms. The molecular formula is C13H19IO3. The summed E-state index contributed by atoms with van der Waals surface area (Å²) in [5.41, 5.74) is 0.251. The molecular weight excluding hydrogens is 331 g/mol. The van der Waals surface area contributed by atoms with Crippen LogP contribution >= 0.6 is 22.6 Å². The third-order valence-electron chi connectivity index (χ3n) is 4.88. The summed E-state index contributed by atoms with van der Waals surface area (Å²) in [6.45, 7) is 0. The van der Waals surface area contributed by atoms with Crippen molar-refractivity contribution in [3.8, 4) is 0 Å². The Labute approximate surface area is 116 Å². The number of methoxy groups -OCH3 is 1. The minimum Gasteiger partial charge on any atom is -0.438 e. The van der Waals surface area contributed by atoms with Crippen molar-refractivity contribution < 1.29 is 14.3 Å². The Morgan fingerprint density at radius 3 is 2.47 bits per heavy atom. The first-order valence-corrected chi connectivity index (χ1v) is 7.94. The van der Waals surface area contributed by atoms with Gasteiger partial charge in [0.1, 0.15) is 5.60 Å². The molecule has 2 unspecified atom stereocenters. The monoisotopic (exact) mass is 350 g/mol. The number of hydrogen-bond donors (Lipinski definition) is 0. The van der Waals surface area contributed by atoms with Crippen LogP contribution in [0.1, 0.15) is 38.5 Å². The fourth-order valence-corrected chi connectivity index (χ4v) is 5.75. The zero-order valence-corrected chi connectivity index (χ0v) is 12.4. The SMILES string of the molecule is COC(=O)OC12CC3CC(CC(CI)(C3)C1)C2. The minimum atomic E-state index is -0.490. The summed E-state index contributed by atoms with van der Waals surface area (Å²) in [5.74, 6) is 1.55. The summed E-state index contributed by atoms with van der Waals surface area (Å²) in [5, 5.41) is 0. The Bertz CT molecular complexity index is 328. The molecule has 4 heteroatoms. The molecule has 3 nitrogen and oxygen atoms in total. The van der Waals surface area contributed by atoms with Gasteiger partial charge in [0.05, 0.1) is 7.11 Å². The largest absolute Gasteiger partial charge is 0.508 e. The van der Waals surface area contributed by atoms with E-state index in [-0.39, 0.29) is 5.60 Å². The van der Waals surface area contributed by atoms with Gasteiger partial charge in [0, 0.05) is 4.43 Å². The molecule has 4 aliphatic carbocycles. The van der Waals surface area contributed by atoms with Crippen LogP contribution in [-0.4, -0.2) is 23.3 Å². The molecule has 0 aromatic carbocycles. The van der Waals surface area contributed by atoms with E-state index in [1.165, 1.54) is 30.8 Å². The van der Waals surface area contributed by atoms with E-state index >= 15 is 0 Å². The van der Waals surface area contributed by atoms with Gasteiger partial charge in [0.25, 0.3) is 0 Å². The Morgan fingerprint density at radius 2 is 1.94 bits per heavy atom. The second kappa shape index (κ2) is 4.00. The van der Waals surface area contributed by atoms with Crippen molar-refractivity contribution in [2.45, 2.75) is 44.1 Å². The van der Waals surface area contributed by atoms with E-state index < -0.39 is 6.16 Å². The van der Waals surface area contributed by atoms with E-state index in [2.05, 4.69) is 22.6 Å². The molecule has 4 bridgehead atoms. The zero-order chi connectivity index (χ0) is 12.1. The third-order valence-corrected chi connectivity index (χ3v) is 6.50. The quantitative estimate of drug-likeness (QED) is 0.434. The van der Waals surface area contributed by atoms with Gasteiger partial charge in [0.2, 0.25) is 0 Å². The topological polar surface area (TPSA) is 35.5 Å². The van der Waals surface area contributed by atoms with Crippen molar-refractivity contribution in [3.63, 3.8) is 0 Å². The highest BCUT2D eigenvalue weighted by Crippen LogP contribution is 2.63. The molecule has 0 saturated heterocycles. The Balaban J connectivity index is 1.84. The summed E-state index contributed by atoms with van der Waals surface area (Å²) < 4.78 is 11.6. The lowest BCUT2D eigenvalue weighted by molar-refractivity contribution is -0.165. The molecule has 2 atom stereocenters. The Kier molecular flexibility index (Phi) is 2.84. The molecule has 0 heterocycles. The minimum absolute atomic E-state index is 0.192. The van der Waals surface area contributed by atoms with Gasteiger partial charge in [-0.15, -0.1) is 0 Å². The first-order valence-electron chi connectivity index (χ1n) is 6.42. The number of hydrogen-bond acceptors (Lipinski definition) is 3. The summed E-state index contributed by atoms with van der Waals surface area (Å²) in [6, 6.07) is 0. The molecule has 0 aliphatic heterocycles. The second-order valence-corrected chi connectivity index (χ2v) is 7.10. The second-order valence-electron chi connectivity index (χ2n) is 6.33. The lowest BCUT2D eigenvalue weighted by Crippen LogP contribution is -2.57. The third kappa shape index (κ3) is 1.96. The van der Waals surface area contributed by atoms with Crippen LogP contribution in [0.4, 0.5) is 4.79 Å². The number of carbonyl (C=O) groups excluding carboxylic acids is 1. The summed E-state index contributed by atoms with van der Waals surface area (Å²) in [4.78, 5) is 11.4. The van der Waals surface area contributed by atoms with Crippen LogP contribution < -0.4 is 0 Å². The van der Waals surface area contributed by atoms with Gasteiger partial charge in [-0.3, -0.25) is 0 Å². The number of carbonyl (C=O) groups is 1. The van der Waals surface area contributed by atoms with Gasteiger partial charge in [-0.1, -0.05) is 22.6 Å². The number of alkyl halides is 1.